The van der Waals surface area contributed by atoms with Crippen LogP contribution in [-0.4, -0.2) is 21.9 Å². The van der Waals surface area contributed by atoms with Gasteiger partial charge in [-0.2, -0.15) is 5.10 Å². The minimum atomic E-state index is 0.596. The molecule has 90 valence electrons. The van der Waals surface area contributed by atoms with Gasteiger partial charge in [0.15, 0.2) is 5.82 Å². The number of pyridine rings is 1. The van der Waals surface area contributed by atoms with Crippen LogP contribution in [0.3, 0.4) is 0 Å². The van der Waals surface area contributed by atoms with E-state index in [4.69, 9.17) is 10.5 Å². The minimum absolute atomic E-state index is 0.596. The molecule has 2 heterocycles. The van der Waals surface area contributed by atoms with Gasteiger partial charge in [-0.3, -0.25) is 4.68 Å². The zero-order valence-electron chi connectivity index (χ0n) is 9.84. The third kappa shape index (κ3) is 2.66. The molecule has 17 heavy (non-hydrogen) atoms. The maximum Gasteiger partial charge on any atom is 0.213 e. The van der Waals surface area contributed by atoms with Crippen LogP contribution in [0.5, 0.6) is 5.88 Å². The molecule has 2 aromatic rings. The van der Waals surface area contributed by atoms with Crippen LogP contribution < -0.4 is 15.8 Å². The van der Waals surface area contributed by atoms with E-state index in [2.05, 4.69) is 15.4 Å². The highest BCUT2D eigenvalue weighted by atomic mass is 16.5. The predicted octanol–water partition coefficient (Wildman–Crippen LogP) is 1.02. The number of nitrogen functional groups attached to an aromatic ring is 1. The van der Waals surface area contributed by atoms with E-state index in [1.165, 1.54) is 0 Å². The van der Waals surface area contributed by atoms with Crippen LogP contribution in [0.2, 0.25) is 0 Å². The summed E-state index contributed by atoms with van der Waals surface area (Å²) in [6.07, 6.45) is 3.47. The van der Waals surface area contributed by atoms with E-state index >= 15 is 0 Å². The molecule has 0 unspecified atom stereocenters. The summed E-state index contributed by atoms with van der Waals surface area (Å²) in [7, 11) is 3.42. The second-order valence-electron chi connectivity index (χ2n) is 3.67. The molecule has 0 aromatic carbocycles. The number of hydrogen-bond donors (Lipinski definition) is 2. The molecule has 3 N–H and O–H groups in total. The Labute approximate surface area is 99.4 Å². The van der Waals surface area contributed by atoms with Gasteiger partial charge in [0.05, 0.1) is 12.8 Å². The van der Waals surface area contributed by atoms with Crippen molar-refractivity contribution < 1.29 is 4.74 Å². The number of methoxy groups -OCH3 is 1. The van der Waals surface area contributed by atoms with Crippen LogP contribution in [0.1, 0.15) is 5.56 Å². The van der Waals surface area contributed by atoms with Gasteiger partial charge in [-0.25, -0.2) is 4.98 Å². The molecule has 0 bridgehead atoms. The maximum absolute atomic E-state index is 5.78. The van der Waals surface area contributed by atoms with Gasteiger partial charge < -0.3 is 15.8 Å². The summed E-state index contributed by atoms with van der Waals surface area (Å²) in [5.74, 6) is 1.28. The summed E-state index contributed by atoms with van der Waals surface area (Å²) in [5, 5.41) is 7.36. The lowest BCUT2D eigenvalue weighted by atomic mass is 10.2. The fraction of sp³-hybridized carbons (Fsp3) is 0.273. The van der Waals surface area contributed by atoms with E-state index in [1.807, 2.05) is 19.2 Å². The van der Waals surface area contributed by atoms with Crippen molar-refractivity contribution in [2.75, 3.05) is 18.2 Å². The molecule has 0 aliphatic heterocycles. The second kappa shape index (κ2) is 4.73. The SMILES string of the molecule is COc1cc(CNc2nn(C)cc2N)ccn1. The molecule has 6 heteroatoms. The van der Waals surface area contributed by atoms with Crippen molar-refractivity contribution in [2.45, 2.75) is 6.54 Å². The normalized spacial score (nSPS) is 10.2. The van der Waals surface area contributed by atoms with Gasteiger partial charge in [0.25, 0.3) is 0 Å². The number of hydrogen-bond acceptors (Lipinski definition) is 5. The van der Waals surface area contributed by atoms with E-state index in [-0.39, 0.29) is 0 Å². The zero-order valence-corrected chi connectivity index (χ0v) is 9.84. The third-order valence-electron chi connectivity index (χ3n) is 2.33. The van der Waals surface area contributed by atoms with Crippen molar-refractivity contribution in [1.82, 2.24) is 14.8 Å². The van der Waals surface area contributed by atoms with Gasteiger partial charge in [-0.15, -0.1) is 0 Å². The molecule has 0 saturated carbocycles. The first-order valence-electron chi connectivity index (χ1n) is 5.21. The summed E-state index contributed by atoms with van der Waals surface area (Å²) >= 11 is 0. The topological polar surface area (TPSA) is 78.0 Å². The zero-order chi connectivity index (χ0) is 12.3. The number of aromatic nitrogens is 3. The Morgan fingerprint density at radius 1 is 1.53 bits per heavy atom. The molecule has 2 aromatic heterocycles. The van der Waals surface area contributed by atoms with Crippen molar-refractivity contribution in [1.29, 1.82) is 0 Å². The summed E-state index contributed by atoms with van der Waals surface area (Å²) in [6.45, 7) is 0.625. The Kier molecular flexibility index (Phi) is 3.13. The van der Waals surface area contributed by atoms with Gasteiger partial charge in [-0.05, 0) is 11.6 Å². The number of ether oxygens (including phenoxy) is 1. The molecule has 2 rings (SSSR count). The molecular formula is C11H15N5O. The standard InChI is InChI=1S/C11H15N5O/c1-16-7-9(12)11(15-16)14-6-8-3-4-13-10(5-8)17-2/h3-5,7H,6,12H2,1-2H3,(H,14,15). The van der Waals surface area contributed by atoms with Gasteiger partial charge in [0, 0.05) is 32.1 Å². The Hall–Kier alpha value is -2.24. The molecule has 0 radical (unpaired) electrons. The Morgan fingerprint density at radius 2 is 2.35 bits per heavy atom. The number of nitrogens with two attached hydrogens (primary N) is 1. The average molecular weight is 233 g/mol. The fourth-order valence-corrected chi connectivity index (χ4v) is 1.50. The van der Waals surface area contributed by atoms with Gasteiger partial charge in [0.2, 0.25) is 5.88 Å². The summed E-state index contributed by atoms with van der Waals surface area (Å²) in [5.41, 5.74) is 7.47. The molecule has 0 spiro atoms. The quantitative estimate of drug-likeness (QED) is 0.824. The first kappa shape index (κ1) is 11.3. The molecule has 0 fully saturated rings. The smallest absolute Gasteiger partial charge is 0.213 e. The van der Waals surface area contributed by atoms with Crippen molar-refractivity contribution >= 4 is 11.5 Å². The number of rotatable bonds is 4. The van der Waals surface area contributed by atoms with Crippen LogP contribution in [0.15, 0.2) is 24.5 Å². The number of anilines is 2. The molecule has 0 aliphatic carbocycles. The fourth-order valence-electron chi connectivity index (χ4n) is 1.50. The predicted molar refractivity (Wildman–Crippen MR) is 65.7 cm³/mol. The minimum Gasteiger partial charge on any atom is -0.481 e. The maximum atomic E-state index is 5.78. The van der Waals surface area contributed by atoms with E-state index in [0.29, 0.717) is 23.9 Å². The van der Waals surface area contributed by atoms with Crippen LogP contribution in [0.25, 0.3) is 0 Å². The van der Waals surface area contributed by atoms with Gasteiger partial charge in [-0.1, -0.05) is 0 Å². The molecular weight excluding hydrogens is 218 g/mol. The highest BCUT2D eigenvalue weighted by Gasteiger charge is 2.03. The lowest BCUT2D eigenvalue weighted by molar-refractivity contribution is 0.397. The molecule has 0 amide bonds. The molecule has 0 saturated heterocycles. The Morgan fingerprint density at radius 3 is 3.00 bits per heavy atom. The van der Waals surface area contributed by atoms with Crippen LogP contribution in [0.4, 0.5) is 11.5 Å². The summed E-state index contributed by atoms with van der Waals surface area (Å²) < 4.78 is 6.72. The van der Waals surface area contributed by atoms with Crippen molar-refractivity contribution in [3.8, 4) is 5.88 Å². The number of nitrogens with zero attached hydrogens (tertiary/aromatic N) is 3. The third-order valence-corrected chi connectivity index (χ3v) is 2.33. The van der Waals surface area contributed by atoms with Crippen molar-refractivity contribution in [2.24, 2.45) is 7.05 Å². The highest BCUT2D eigenvalue weighted by Crippen LogP contribution is 2.16. The van der Waals surface area contributed by atoms with E-state index < -0.39 is 0 Å². The van der Waals surface area contributed by atoms with Gasteiger partial charge in [0.1, 0.15) is 0 Å². The van der Waals surface area contributed by atoms with E-state index in [1.54, 1.807) is 24.2 Å². The summed E-state index contributed by atoms with van der Waals surface area (Å²) in [6, 6.07) is 3.78. The van der Waals surface area contributed by atoms with E-state index in [9.17, 15) is 0 Å². The lowest BCUT2D eigenvalue weighted by Crippen LogP contribution is -2.03. The van der Waals surface area contributed by atoms with E-state index in [0.717, 1.165) is 5.56 Å². The molecule has 0 aliphatic rings. The largest absolute Gasteiger partial charge is 0.481 e. The van der Waals surface area contributed by atoms with Crippen LogP contribution >= 0.6 is 0 Å². The van der Waals surface area contributed by atoms with Crippen molar-refractivity contribution in [3.05, 3.63) is 30.1 Å². The Bertz CT molecular complexity index is 508. The van der Waals surface area contributed by atoms with Crippen LogP contribution in [-0.2, 0) is 13.6 Å². The molecule has 0 atom stereocenters. The number of aryl methyl sites for hydroxylation is 1. The summed E-state index contributed by atoms with van der Waals surface area (Å²) in [4.78, 5) is 4.04. The first-order valence-corrected chi connectivity index (χ1v) is 5.21. The second-order valence-corrected chi connectivity index (χ2v) is 3.67. The number of nitrogens with one attached hydrogen (secondary N) is 1. The van der Waals surface area contributed by atoms with Crippen molar-refractivity contribution in [3.63, 3.8) is 0 Å². The average Bonchev–Trinajstić information content (AvgIpc) is 2.65. The lowest BCUT2D eigenvalue weighted by Gasteiger charge is -2.05. The van der Waals surface area contributed by atoms with Gasteiger partial charge >= 0.3 is 0 Å². The first-order chi connectivity index (χ1) is 8.19. The van der Waals surface area contributed by atoms with Crippen LogP contribution in [0, 0.1) is 0 Å². The highest BCUT2D eigenvalue weighted by molar-refractivity contribution is 5.59. The molecule has 6 nitrogen and oxygen atoms in total. The monoisotopic (exact) mass is 233 g/mol. The Balaban J connectivity index is 2.04.